The number of aliphatic hydroxyl groups is 2. The molecule has 0 aromatic carbocycles. The zero-order chi connectivity index (χ0) is 7.72. The molecule has 4 nitrogen and oxygen atoms in total. The molecular weight excluding hydrogens is 134 g/mol. The van der Waals surface area contributed by atoms with Crippen molar-refractivity contribution in [3.63, 3.8) is 0 Å². The number of nitrogens with two attached hydrogens (primary N) is 1. The van der Waals surface area contributed by atoms with E-state index < -0.39 is 18.2 Å². The van der Waals surface area contributed by atoms with Gasteiger partial charge in [0.25, 0.3) is 0 Å². The molecule has 60 valence electrons. The summed E-state index contributed by atoms with van der Waals surface area (Å²) in [5.41, 5.74) is 5.40. The number of hydrogen-bond acceptors (Lipinski definition) is 4. The minimum atomic E-state index is -0.844. The van der Waals surface area contributed by atoms with Crippen LogP contribution in [-0.4, -0.2) is 41.2 Å². The first-order valence-electron chi connectivity index (χ1n) is 3.36. The zero-order valence-corrected chi connectivity index (χ0v) is 5.90. The SMILES string of the molecule is CC1OC[C@@H](N)C(O)[C@H]1O. The maximum absolute atomic E-state index is 9.16. The average molecular weight is 147 g/mol. The van der Waals surface area contributed by atoms with Gasteiger partial charge in [0.1, 0.15) is 6.10 Å². The van der Waals surface area contributed by atoms with Crippen LogP contribution in [0.5, 0.6) is 0 Å². The van der Waals surface area contributed by atoms with Crippen molar-refractivity contribution in [1.82, 2.24) is 0 Å². The highest BCUT2D eigenvalue weighted by molar-refractivity contribution is 4.86. The molecule has 0 aromatic rings. The maximum Gasteiger partial charge on any atom is 0.107 e. The predicted molar refractivity (Wildman–Crippen MR) is 35.4 cm³/mol. The normalized spacial score (nSPS) is 49.2. The third-order valence-electron chi connectivity index (χ3n) is 1.82. The molecule has 10 heavy (non-hydrogen) atoms. The van der Waals surface area contributed by atoms with Crippen molar-refractivity contribution in [2.75, 3.05) is 6.61 Å². The predicted octanol–water partition coefficient (Wildman–Crippen LogP) is -1.55. The molecule has 1 fully saturated rings. The lowest BCUT2D eigenvalue weighted by Gasteiger charge is -2.33. The molecule has 2 unspecified atom stereocenters. The first-order valence-corrected chi connectivity index (χ1v) is 3.36. The standard InChI is InChI=1S/C6H13NO3/c1-3-5(8)6(9)4(7)2-10-3/h3-6,8-9H,2,7H2,1H3/t3?,4-,5+,6?/m1/s1. The van der Waals surface area contributed by atoms with Crippen molar-refractivity contribution >= 4 is 0 Å². The van der Waals surface area contributed by atoms with Crippen LogP contribution in [0.2, 0.25) is 0 Å². The van der Waals surface area contributed by atoms with Crippen LogP contribution in [0.25, 0.3) is 0 Å². The van der Waals surface area contributed by atoms with Crippen LogP contribution in [0.1, 0.15) is 6.92 Å². The van der Waals surface area contributed by atoms with E-state index in [0.717, 1.165) is 0 Å². The molecule has 1 saturated heterocycles. The Balaban J connectivity index is 2.52. The molecule has 1 aliphatic heterocycles. The molecule has 1 aliphatic rings. The van der Waals surface area contributed by atoms with E-state index in [0.29, 0.717) is 6.61 Å². The quantitative estimate of drug-likeness (QED) is 0.388. The van der Waals surface area contributed by atoms with Crippen LogP contribution in [0.3, 0.4) is 0 Å². The highest BCUT2D eigenvalue weighted by atomic mass is 16.5. The van der Waals surface area contributed by atoms with Crippen LogP contribution in [0, 0.1) is 0 Å². The van der Waals surface area contributed by atoms with E-state index in [-0.39, 0.29) is 6.10 Å². The molecule has 0 radical (unpaired) electrons. The fourth-order valence-electron chi connectivity index (χ4n) is 0.991. The van der Waals surface area contributed by atoms with Gasteiger partial charge in [-0.3, -0.25) is 0 Å². The van der Waals surface area contributed by atoms with E-state index in [4.69, 9.17) is 20.7 Å². The molecule has 4 atom stereocenters. The second-order valence-corrected chi connectivity index (χ2v) is 2.68. The molecule has 4 heteroatoms. The van der Waals surface area contributed by atoms with Crippen molar-refractivity contribution in [3.8, 4) is 0 Å². The number of rotatable bonds is 0. The lowest BCUT2D eigenvalue weighted by atomic mass is 10.0. The Morgan fingerprint density at radius 3 is 2.50 bits per heavy atom. The van der Waals surface area contributed by atoms with Gasteiger partial charge in [0.05, 0.1) is 24.9 Å². The summed E-state index contributed by atoms with van der Waals surface area (Å²) in [6.45, 7) is 2.03. The summed E-state index contributed by atoms with van der Waals surface area (Å²) in [7, 11) is 0. The van der Waals surface area contributed by atoms with Crippen molar-refractivity contribution in [2.24, 2.45) is 5.73 Å². The maximum atomic E-state index is 9.16. The summed E-state index contributed by atoms with van der Waals surface area (Å²) < 4.78 is 5.04. The molecule has 1 rings (SSSR count). The Kier molecular flexibility index (Phi) is 2.25. The summed E-state index contributed by atoms with van der Waals surface area (Å²) in [5.74, 6) is 0. The van der Waals surface area contributed by atoms with Gasteiger partial charge in [0.2, 0.25) is 0 Å². The largest absolute Gasteiger partial charge is 0.389 e. The van der Waals surface area contributed by atoms with E-state index in [1.807, 2.05) is 0 Å². The first kappa shape index (κ1) is 7.94. The molecule has 1 heterocycles. The van der Waals surface area contributed by atoms with Crippen LogP contribution in [0.4, 0.5) is 0 Å². The van der Waals surface area contributed by atoms with E-state index in [9.17, 15) is 0 Å². The average Bonchev–Trinajstić information content (AvgIpc) is 1.93. The molecule has 0 aliphatic carbocycles. The monoisotopic (exact) mass is 147 g/mol. The minimum Gasteiger partial charge on any atom is -0.389 e. The Labute approximate surface area is 59.6 Å². The second kappa shape index (κ2) is 2.84. The molecule has 4 N–H and O–H groups in total. The van der Waals surface area contributed by atoms with Crippen LogP contribution >= 0.6 is 0 Å². The summed E-state index contributed by atoms with van der Waals surface area (Å²) >= 11 is 0. The van der Waals surface area contributed by atoms with E-state index in [1.54, 1.807) is 6.92 Å². The van der Waals surface area contributed by atoms with Crippen molar-refractivity contribution in [1.29, 1.82) is 0 Å². The number of ether oxygens (including phenoxy) is 1. The van der Waals surface area contributed by atoms with E-state index >= 15 is 0 Å². The Bertz CT molecular complexity index is 106. The van der Waals surface area contributed by atoms with Crippen LogP contribution < -0.4 is 5.73 Å². The van der Waals surface area contributed by atoms with Crippen molar-refractivity contribution < 1.29 is 14.9 Å². The van der Waals surface area contributed by atoms with Gasteiger partial charge in [-0.15, -0.1) is 0 Å². The van der Waals surface area contributed by atoms with Gasteiger partial charge < -0.3 is 20.7 Å². The highest BCUT2D eigenvalue weighted by Crippen LogP contribution is 2.12. The lowest BCUT2D eigenvalue weighted by Crippen LogP contribution is -2.55. The number of aliphatic hydroxyl groups excluding tert-OH is 2. The van der Waals surface area contributed by atoms with Gasteiger partial charge in [-0.05, 0) is 6.92 Å². The van der Waals surface area contributed by atoms with Gasteiger partial charge in [0.15, 0.2) is 0 Å². The topological polar surface area (TPSA) is 75.7 Å². The Hall–Kier alpha value is -0.160. The summed E-state index contributed by atoms with van der Waals surface area (Å²) in [6, 6.07) is -0.453. The van der Waals surface area contributed by atoms with Gasteiger partial charge >= 0.3 is 0 Å². The smallest absolute Gasteiger partial charge is 0.107 e. The van der Waals surface area contributed by atoms with Crippen molar-refractivity contribution in [3.05, 3.63) is 0 Å². The third kappa shape index (κ3) is 1.29. The van der Waals surface area contributed by atoms with Gasteiger partial charge in [-0.1, -0.05) is 0 Å². The Morgan fingerprint density at radius 2 is 2.00 bits per heavy atom. The fourth-order valence-corrected chi connectivity index (χ4v) is 0.991. The summed E-state index contributed by atoms with van der Waals surface area (Å²) in [4.78, 5) is 0. The lowest BCUT2D eigenvalue weighted by molar-refractivity contribution is -0.136. The summed E-state index contributed by atoms with van der Waals surface area (Å²) in [6.07, 6.45) is -2.00. The third-order valence-corrected chi connectivity index (χ3v) is 1.82. The molecule has 0 saturated carbocycles. The van der Waals surface area contributed by atoms with Crippen LogP contribution in [0.15, 0.2) is 0 Å². The highest BCUT2D eigenvalue weighted by Gasteiger charge is 2.33. The minimum absolute atomic E-state index is 0.310. The molecule has 0 aromatic heterocycles. The Morgan fingerprint density at radius 1 is 1.40 bits per heavy atom. The number of hydrogen-bond donors (Lipinski definition) is 3. The van der Waals surface area contributed by atoms with Gasteiger partial charge in [-0.25, -0.2) is 0 Å². The molecule has 0 amide bonds. The van der Waals surface area contributed by atoms with Crippen LogP contribution in [-0.2, 0) is 4.74 Å². The second-order valence-electron chi connectivity index (χ2n) is 2.68. The van der Waals surface area contributed by atoms with E-state index in [2.05, 4.69) is 0 Å². The summed E-state index contributed by atoms with van der Waals surface area (Å²) in [5, 5.41) is 18.3. The molecule has 0 bridgehead atoms. The zero-order valence-electron chi connectivity index (χ0n) is 5.90. The molecule has 0 spiro atoms. The molecular formula is C6H13NO3. The fraction of sp³-hybridized carbons (Fsp3) is 1.00. The van der Waals surface area contributed by atoms with Gasteiger partial charge in [-0.2, -0.15) is 0 Å². The van der Waals surface area contributed by atoms with Gasteiger partial charge in [0, 0.05) is 0 Å². The van der Waals surface area contributed by atoms with Crippen molar-refractivity contribution in [2.45, 2.75) is 31.3 Å². The first-order chi connectivity index (χ1) is 4.63. The van der Waals surface area contributed by atoms with E-state index in [1.165, 1.54) is 0 Å².